The minimum Gasteiger partial charge on any atom is -0.315 e. The number of nitrogens with one attached hydrogen (secondary N) is 3. The van der Waals surface area contributed by atoms with E-state index < -0.39 is 0 Å². The van der Waals surface area contributed by atoms with Crippen LogP contribution in [0.2, 0.25) is 0 Å². The van der Waals surface area contributed by atoms with Crippen molar-refractivity contribution in [1.29, 1.82) is 0 Å². The number of hydrogen-bond donors (Lipinski definition) is 3. The third-order valence-electron chi connectivity index (χ3n) is 3.53. The summed E-state index contributed by atoms with van der Waals surface area (Å²) in [5.74, 6) is 0. The minimum atomic E-state index is -0.0245. The fraction of sp³-hybridized carbons (Fsp3) is 1.00. The van der Waals surface area contributed by atoms with Crippen LogP contribution in [0.5, 0.6) is 0 Å². The van der Waals surface area contributed by atoms with Gasteiger partial charge in [-0.25, -0.2) is 0 Å². The predicted molar refractivity (Wildman–Crippen MR) is 77.3 cm³/mol. The van der Waals surface area contributed by atoms with E-state index in [1.165, 1.54) is 0 Å². The average molecular weight is 243 g/mol. The van der Waals surface area contributed by atoms with Crippen LogP contribution in [0.15, 0.2) is 0 Å². The van der Waals surface area contributed by atoms with Crippen LogP contribution in [0.4, 0.5) is 0 Å². The van der Waals surface area contributed by atoms with Crippen molar-refractivity contribution in [2.24, 2.45) is 0 Å². The van der Waals surface area contributed by atoms with Gasteiger partial charge in [-0.1, -0.05) is 6.92 Å². The number of hydrogen-bond acceptors (Lipinski definition) is 3. The lowest BCUT2D eigenvalue weighted by atomic mass is 9.98. The van der Waals surface area contributed by atoms with Crippen LogP contribution in [0.1, 0.15) is 61.3 Å². The van der Waals surface area contributed by atoms with E-state index in [4.69, 9.17) is 0 Å². The highest BCUT2D eigenvalue weighted by Crippen LogP contribution is 2.13. The van der Waals surface area contributed by atoms with E-state index in [-0.39, 0.29) is 16.7 Å². The molecule has 0 rings (SSSR count). The van der Waals surface area contributed by atoms with E-state index in [0.717, 1.165) is 19.4 Å². The zero-order valence-electron chi connectivity index (χ0n) is 13.1. The standard InChI is InChI=1S/C14H33N3/c1-9-12(2,3)17-14(6,7)16-11-10-13(4,5)15-8/h15-17H,9-11H2,1-8H3. The smallest absolute Gasteiger partial charge is 0.0633 e. The Hall–Kier alpha value is -0.120. The summed E-state index contributed by atoms with van der Waals surface area (Å²) < 4.78 is 0. The first-order chi connectivity index (χ1) is 7.54. The van der Waals surface area contributed by atoms with Gasteiger partial charge in [0.25, 0.3) is 0 Å². The molecule has 0 aromatic carbocycles. The van der Waals surface area contributed by atoms with Crippen LogP contribution >= 0.6 is 0 Å². The molecule has 0 bridgehead atoms. The molecule has 0 radical (unpaired) electrons. The van der Waals surface area contributed by atoms with E-state index in [1.807, 2.05) is 7.05 Å². The quantitative estimate of drug-likeness (QED) is 0.573. The first-order valence-corrected chi connectivity index (χ1v) is 6.77. The second kappa shape index (κ2) is 6.17. The van der Waals surface area contributed by atoms with Crippen LogP contribution in [-0.4, -0.2) is 30.3 Å². The average Bonchev–Trinajstić information content (AvgIpc) is 2.15. The Kier molecular flexibility index (Phi) is 6.12. The van der Waals surface area contributed by atoms with Gasteiger partial charge in [0, 0.05) is 11.1 Å². The van der Waals surface area contributed by atoms with Crippen molar-refractivity contribution in [2.75, 3.05) is 13.6 Å². The maximum Gasteiger partial charge on any atom is 0.0633 e. The van der Waals surface area contributed by atoms with Crippen LogP contribution in [0.25, 0.3) is 0 Å². The van der Waals surface area contributed by atoms with Gasteiger partial charge in [-0.3, -0.25) is 10.6 Å². The minimum absolute atomic E-state index is 0.0245. The summed E-state index contributed by atoms with van der Waals surface area (Å²) in [4.78, 5) is 0. The van der Waals surface area contributed by atoms with Gasteiger partial charge in [0.1, 0.15) is 0 Å². The summed E-state index contributed by atoms with van der Waals surface area (Å²) in [7, 11) is 2.02. The Morgan fingerprint density at radius 2 is 1.41 bits per heavy atom. The van der Waals surface area contributed by atoms with Gasteiger partial charge in [-0.2, -0.15) is 0 Å². The molecule has 0 amide bonds. The Morgan fingerprint density at radius 3 is 1.82 bits per heavy atom. The highest BCUT2D eigenvalue weighted by molar-refractivity contribution is 4.87. The molecular formula is C14H33N3. The molecule has 0 aliphatic heterocycles. The monoisotopic (exact) mass is 243 g/mol. The first kappa shape index (κ1) is 16.9. The van der Waals surface area contributed by atoms with Crippen LogP contribution < -0.4 is 16.0 Å². The largest absolute Gasteiger partial charge is 0.315 e. The maximum absolute atomic E-state index is 3.66. The first-order valence-electron chi connectivity index (χ1n) is 6.77. The topological polar surface area (TPSA) is 36.1 Å². The third-order valence-corrected chi connectivity index (χ3v) is 3.53. The zero-order valence-corrected chi connectivity index (χ0v) is 13.1. The van der Waals surface area contributed by atoms with Gasteiger partial charge in [-0.05, 0) is 68.0 Å². The van der Waals surface area contributed by atoms with Crippen molar-refractivity contribution >= 4 is 0 Å². The highest BCUT2D eigenvalue weighted by Gasteiger charge is 2.26. The molecule has 0 spiro atoms. The highest BCUT2D eigenvalue weighted by atomic mass is 15.2. The van der Waals surface area contributed by atoms with Gasteiger partial charge >= 0.3 is 0 Å². The van der Waals surface area contributed by atoms with Crippen LogP contribution in [0.3, 0.4) is 0 Å². The molecule has 0 fully saturated rings. The molecule has 17 heavy (non-hydrogen) atoms. The van der Waals surface area contributed by atoms with Gasteiger partial charge < -0.3 is 5.32 Å². The second-order valence-electron chi connectivity index (χ2n) is 6.80. The lowest BCUT2D eigenvalue weighted by Gasteiger charge is -2.38. The van der Waals surface area contributed by atoms with Crippen molar-refractivity contribution < 1.29 is 0 Å². The molecule has 0 aromatic rings. The third kappa shape index (κ3) is 7.74. The summed E-state index contributed by atoms with van der Waals surface area (Å²) in [6.45, 7) is 16.6. The lowest BCUT2D eigenvalue weighted by Crippen LogP contribution is -2.60. The van der Waals surface area contributed by atoms with Gasteiger partial charge in [0.05, 0.1) is 5.66 Å². The Labute approximate surface area is 108 Å². The summed E-state index contributed by atoms with van der Waals surface area (Å²) in [6, 6.07) is 0. The van der Waals surface area contributed by atoms with Crippen molar-refractivity contribution in [2.45, 2.75) is 78.0 Å². The van der Waals surface area contributed by atoms with Crippen molar-refractivity contribution in [3.63, 3.8) is 0 Å². The predicted octanol–water partition coefficient (Wildman–Crippen LogP) is 2.48. The molecule has 0 heterocycles. The van der Waals surface area contributed by atoms with E-state index in [0.29, 0.717) is 0 Å². The molecule has 0 aliphatic carbocycles. The van der Waals surface area contributed by atoms with E-state index >= 15 is 0 Å². The fourth-order valence-electron chi connectivity index (χ4n) is 1.79. The second-order valence-corrected chi connectivity index (χ2v) is 6.80. The molecule has 0 aliphatic rings. The Bertz CT molecular complexity index is 220. The van der Waals surface area contributed by atoms with Crippen LogP contribution in [0, 0.1) is 0 Å². The zero-order chi connectivity index (χ0) is 13.7. The fourth-order valence-corrected chi connectivity index (χ4v) is 1.79. The SMILES string of the molecule is CCC(C)(C)NC(C)(C)NCCC(C)(C)NC. The van der Waals surface area contributed by atoms with Crippen molar-refractivity contribution in [1.82, 2.24) is 16.0 Å². The molecule has 104 valence electrons. The summed E-state index contributed by atoms with van der Waals surface area (Å²) in [5.41, 5.74) is 0.349. The normalized spacial score (nSPS) is 14.1. The molecule has 0 aromatic heterocycles. The molecule has 0 atom stereocenters. The molecular weight excluding hydrogens is 210 g/mol. The molecule has 0 unspecified atom stereocenters. The van der Waals surface area contributed by atoms with Gasteiger partial charge in [0.2, 0.25) is 0 Å². The molecule has 3 heteroatoms. The number of rotatable bonds is 8. The lowest BCUT2D eigenvalue weighted by molar-refractivity contribution is 0.210. The van der Waals surface area contributed by atoms with Crippen molar-refractivity contribution in [3.8, 4) is 0 Å². The molecule has 3 N–H and O–H groups in total. The maximum atomic E-state index is 3.66. The Morgan fingerprint density at radius 1 is 0.882 bits per heavy atom. The van der Waals surface area contributed by atoms with Gasteiger partial charge in [-0.15, -0.1) is 0 Å². The van der Waals surface area contributed by atoms with Crippen molar-refractivity contribution in [3.05, 3.63) is 0 Å². The van der Waals surface area contributed by atoms with Gasteiger partial charge in [0.15, 0.2) is 0 Å². The molecule has 0 saturated heterocycles. The molecule has 0 saturated carbocycles. The summed E-state index contributed by atoms with van der Waals surface area (Å²) in [5, 5.41) is 10.6. The summed E-state index contributed by atoms with van der Waals surface area (Å²) in [6.07, 6.45) is 2.24. The van der Waals surface area contributed by atoms with E-state index in [2.05, 4.69) is 64.4 Å². The van der Waals surface area contributed by atoms with E-state index in [9.17, 15) is 0 Å². The van der Waals surface area contributed by atoms with E-state index in [1.54, 1.807) is 0 Å². The molecule has 3 nitrogen and oxygen atoms in total. The summed E-state index contributed by atoms with van der Waals surface area (Å²) >= 11 is 0. The van der Waals surface area contributed by atoms with Crippen LogP contribution in [-0.2, 0) is 0 Å². The Balaban J connectivity index is 4.11.